The summed E-state index contributed by atoms with van der Waals surface area (Å²) in [5.74, 6) is -0.723. The minimum absolute atomic E-state index is 0.436. The van der Waals surface area contributed by atoms with E-state index in [1.54, 1.807) is 12.1 Å². The lowest BCUT2D eigenvalue weighted by atomic mass is 9.67. The highest BCUT2D eigenvalue weighted by molar-refractivity contribution is 5.92. The van der Waals surface area contributed by atoms with Crippen molar-refractivity contribution in [3.8, 4) is 56.4 Å². The lowest BCUT2D eigenvalue weighted by Gasteiger charge is -2.35. The predicted molar refractivity (Wildman–Crippen MR) is 384 cm³/mol. The van der Waals surface area contributed by atoms with E-state index in [4.69, 9.17) is 9.47 Å². The van der Waals surface area contributed by atoms with Crippen LogP contribution in [0.4, 0.5) is 51.7 Å². The summed E-state index contributed by atoms with van der Waals surface area (Å²) in [6, 6.07) is 105. The van der Waals surface area contributed by atoms with Gasteiger partial charge in [-0.15, -0.1) is 0 Å². The number of hydrogen-bond acceptors (Lipinski definition) is 4. The zero-order valence-corrected chi connectivity index (χ0v) is 53.1. The third-order valence-electron chi connectivity index (χ3n) is 20.6. The van der Waals surface area contributed by atoms with Gasteiger partial charge >= 0.3 is 0 Å². The second-order valence-corrected chi connectivity index (χ2v) is 25.9. The first-order valence-electron chi connectivity index (χ1n) is 33.3. The van der Waals surface area contributed by atoms with Gasteiger partial charge in [0.1, 0.15) is 23.0 Å². The first kappa shape index (κ1) is 58.6. The van der Waals surface area contributed by atoms with Crippen molar-refractivity contribution < 1.29 is 27.0 Å². The standard InChI is InChI=1S/C90H60F4N2O2/c91-85-49-39-71(55-87(85)93)95(69-37-47-79-77-15-7-9-17-81(77)89(83(79)53-69,63-11-3-1-4-12-63)65-29-43-73(44-30-65)97-75-41-27-59-19-21-61(59)51-75)67-33-23-57(24-34-67)58-25-35-68(36-26-58)96(72-40-50-86(92)88(94)56-72)70-38-48-80-78-16-8-10-18-82(78)90(84(80)54-70,64-13-5-2-6-14-64)66-31-45-74(46-32-66)98-76-42-28-60-20-22-62(60)52-76/h1-18,23-56H,19-22H2. The van der Waals surface area contributed by atoms with E-state index >= 15 is 17.6 Å². The van der Waals surface area contributed by atoms with Crippen LogP contribution in [0, 0.1) is 23.3 Å². The summed E-state index contributed by atoms with van der Waals surface area (Å²) in [6.07, 6.45) is 4.32. The van der Waals surface area contributed by atoms with Crippen LogP contribution >= 0.6 is 0 Å². The first-order chi connectivity index (χ1) is 48.1. The number of halogens is 4. The van der Waals surface area contributed by atoms with Crippen molar-refractivity contribution in [3.63, 3.8) is 0 Å². The highest BCUT2D eigenvalue weighted by atomic mass is 19.2. The van der Waals surface area contributed by atoms with Gasteiger partial charge in [0.25, 0.3) is 0 Å². The van der Waals surface area contributed by atoms with Gasteiger partial charge in [-0.1, -0.05) is 182 Å². The second kappa shape index (κ2) is 23.4. The van der Waals surface area contributed by atoms with E-state index < -0.39 is 34.1 Å². The molecule has 18 rings (SSSR count). The van der Waals surface area contributed by atoms with Gasteiger partial charge in [-0.25, -0.2) is 17.6 Å². The number of benzene rings is 14. The number of hydrogen-bond donors (Lipinski definition) is 0. The minimum Gasteiger partial charge on any atom is -0.457 e. The van der Waals surface area contributed by atoms with Crippen LogP contribution in [-0.2, 0) is 36.5 Å². The molecule has 2 atom stereocenters. The molecule has 0 spiro atoms. The van der Waals surface area contributed by atoms with Crippen LogP contribution in [0.25, 0.3) is 33.4 Å². The van der Waals surface area contributed by atoms with E-state index in [0.29, 0.717) is 22.7 Å². The molecule has 0 N–H and O–H groups in total. The van der Waals surface area contributed by atoms with Gasteiger partial charge in [0.2, 0.25) is 0 Å². The molecule has 8 heteroatoms. The van der Waals surface area contributed by atoms with E-state index in [9.17, 15) is 0 Å². The van der Waals surface area contributed by atoms with Gasteiger partial charge in [0.15, 0.2) is 23.3 Å². The van der Waals surface area contributed by atoms with Crippen molar-refractivity contribution in [3.05, 3.63) is 405 Å². The van der Waals surface area contributed by atoms with Crippen molar-refractivity contribution in [2.75, 3.05) is 9.80 Å². The Labute approximate surface area is 566 Å². The number of ether oxygens (including phenoxy) is 2. The fraction of sp³-hybridized carbons (Fsp3) is 0.0667. The summed E-state index contributed by atoms with van der Waals surface area (Å²) in [4.78, 5) is 3.94. The highest BCUT2D eigenvalue weighted by Crippen LogP contribution is 2.60. The summed E-state index contributed by atoms with van der Waals surface area (Å²) in [6.45, 7) is 0. The molecule has 4 aliphatic rings. The summed E-state index contributed by atoms with van der Waals surface area (Å²) in [5, 5.41) is 0. The molecule has 14 aromatic rings. The van der Waals surface area contributed by atoms with Crippen molar-refractivity contribution in [2.24, 2.45) is 0 Å². The monoisotopic (exact) mass is 1280 g/mol. The number of nitrogens with zero attached hydrogens (tertiary/aromatic N) is 2. The Balaban J connectivity index is 0.711. The maximum Gasteiger partial charge on any atom is 0.160 e. The molecule has 470 valence electrons. The molecule has 0 radical (unpaired) electrons. The van der Waals surface area contributed by atoms with E-state index in [-0.39, 0.29) is 0 Å². The molecule has 0 saturated carbocycles. The SMILES string of the molecule is Fc1ccc(N(c2ccc(-c3ccc(N(c4ccc(F)c(F)c4)c4ccc5c(c4)C(c4ccccc4)(c4ccc(Oc6ccc7c(c6)CC7)cc4)c4ccccc4-5)cc3)cc2)c2ccc3c(c2)C(c2ccccc2)(c2ccc(Oc4ccc5c(c4)CC5)cc2)c2ccccc2-3)cc1F. The molecule has 0 fully saturated rings. The van der Waals surface area contributed by atoms with Crippen LogP contribution < -0.4 is 19.3 Å². The van der Waals surface area contributed by atoms with Gasteiger partial charge < -0.3 is 19.3 Å². The summed E-state index contributed by atoms with van der Waals surface area (Å²) < 4.78 is 74.4. The third-order valence-corrected chi connectivity index (χ3v) is 20.6. The van der Waals surface area contributed by atoms with Gasteiger partial charge in [-0.2, -0.15) is 0 Å². The van der Waals surface area contributed by atoms with E-state index in [1.165, 1.54) is 46.5 Å². The Morgan fingerprint density at radius 1 is 0.235 bits per heavy atom. The van der Waals surface area contributed by atoms with Crippen LogP contribution in [0.5, 0.6) is 23.0 Å². The molecular weight excluding hydrogens is 1220 g/mol. The lowest BCUT2D eigenvalue weighted by molar-refractivity contribution is 0.480. The second-order valence-electron chi connectivity index (χ2n) is 25.9. The maximum absolute atomic E-state index is 15.7. The van der Waals surface area contributed by atoms with Crippen molar-refractivity contribution in [2.45, 2.75) is 36.5 Å². The third kappa shape index (κ3) is 9.56. The topological polar surface area (TPSA) is 24.9 Å². The molecule has 0 aliphatic heterocycles. The quantitative estimate of drug-likeness (QED) is 0.0955. The average molecular weight is 1280 g/mol. The Hall–Kier alpha value is -12.0. The maximum atomic E-state index is 15.7. The largest absolute Gasteiger partial charge is 0.457 e. The van der Waals surface area contributed by atoms with Crippen molar-refractivity contribution >= 4 is 34.1 Å². The summed E-state index contributed by atoms with van der Waals surface area (Å²) in [7, 11) is 0. The molecule has 14 aromatic carbocycles. The normalized spacial score (nSPS) is 15.7. The molecule has 4 aliphatic carbocycles. The first-order valence-corrected chi connectivity index (χ1v) is 33.3. The van der Waals surface area contributed by atoms with E-state index in [2.05, 4.69) is 182 Å². The molecule has 0 saturated heterocycles. The van der Waals surface area contributed by atoms with Crippen LogP contribution in [0.3, 0.4) is 0 Å². The molecule has 0 bridgehead atoms. The minimum atomic E-state index is -0.965. The van der Waals surface area contributed by atoms with Crippen molar-refractivity contribution in [1.82, 2.24) is 0 Å². The van der Waals surface area contributed by atoms with Crippen LogP contribution in [0.2, 0.25) is 0 Å². The van der Waals surface area contributed by atoms with Gasteiger partial charge in [0.05, 0.1) is 10.8 Å². The molecule has 0 aromatic heterocycles. The Kier molecular flexibility index (Phi) is 14.0. The zero-order valence-electron chi connectivity index (χ0n) is 53.1. The van der Waals surface area contributed by atoms with E-state index in [0.717, 1.165) is 138 Å². The fourth-order valence-corrected chi connectivity index (χ4v) is 15.8. The molecular formula is C90H60F4N2O2. The van der Waals surface area contributed by atoms with Gasteiger partial charge in [-0.05, 0) is 247 Å². The average Bonchev–Trinajstić information content (AvgIpc) is 1.53. The fourth-order valence-electron chi connectivity index (χ4n) is 15.8. The predicted octanol–water partition coefficient (Wildman–Crippen LogP) is 23.4. The Bertz CT molecular complexity index is 5110. The Morgan fingerprint density at radius 3 is 0.939 bits per heavy atom. The lowest BCUT2D eigenvalue weighted by Crippen LogP contribution is -2.28. The van der Waals surface area contributed by atoms with Gasteiger partial charge in [0, 0.05) is 46.3 Å². The molecule has 4 nitrogen and oxygen atoms in total. The molecule has 2 unspecified atom stereocenters. The molecule has 0 heterocycles. The number of anilines is 6. The smallest absolute Gasteiger partial charge is 0.160 e. The molecule has 0 amide bonds. The number of rotatable bonds is 15. The van der Waals surface area contributed by atoms with Crippen LogP contribution in [0.1, 0.15) is 66.8 Å². The number of fused-ring (bicyclic) bond motifs is 8. The van der Waals surface area contributed by atoms with Crippen LogP contribution in [-0.4, -0.2) is 0 Å². The van der Waals surface area contributed by atoms with Gasteiger partial charge in [-0.3, -0.25) is 0 Å². The number of aryl methyl sites for hydroxylation is 4. The summed E-state index contributed by atoms with van der Waals surface area (Å²) >= 11 is 0. The Morgan fingerprint density at radius 2 is 0.561 bits per heavy atom. The highest BCUT2D eigenvalue weighted by Gasteiger charge is 2.48. The van der Waals surface area contributed by atoms with E-state index in [1.807, 2.05) is 107 Å². The zero-order chi connectivity index (χ0) is 65.6. The molecule has 98 heavy (non-hydrogen) atoms. The van der Waals surface area contributed by atoms with Crippen LogP contribution in [0.15, 0.2) is 315 Å². The van der Waals surface area contributed by atoms with Crippen molar-refractivity contribution in [1.29, 1.82) is 0 Å². The summed E-state index contributed by atoms with van der Waals surface area (Å²) in [5.41, 5.74) is 22.3.